The van der Waals surface area contributed by atoms with E-state index in [1.54, 1.807) is 31.2 Å². The topological polar surface area (TPSA) is 102 Å². The van der Waals surface area contributed by atoms with Gasteiger partial charge in [0.15, 0.2) is 11.6 Å². The van der Waals surface area contributed by atoms with Crippen LogP contribution in [0.2, 0.25) is 5.02 Å². The molecule has 0 saturated carbocycles. The van der Waals surface area contributed by atoms with Crippen LogP contribution >= 0.6 is 11.6 Å². The number of hydrogen-bond donors (Lipinski definition) is 3. The number of nitrogens with two attached hydrogens (primary N) is 1. The second kappa shape index (κ2) is 8.53. The summed E-state index contributed by atoms with van der Waals surface area (Å²) in [7, 11) is 0. The Bertz CT molecular complexity index is 1020. The van der Waals surface area contributed by atoms with Crippen molar-refractivity contribution < 1.29 is 13.9 Å². The minimum Gasteiger partial charge on any atom is -0.462 e. The van der Waals surface area contributed by atoms with Gasteiger partial charge in [-0.25, -0.2) is 19.2 Å². The summed E-state index contributed by atoms with van der Waals surface area (Å²) in [6.45, 7) is 2.03. The molecule has 0 atom stereocenters. The highest BCUT2D eigenvalue weighted by atomic mass is 35.5. The van der Waals surface area contributed by atoms with Crippen LogP contribution in [0.15, 0.2) is 48.8 Å². The molecule has 0 spiro atoms. The van der Waals surface area contributed by atoms with Gasteiger partial charge >= 0.3 is 5.97 Å². The fraction of sp³-hybridized carbons (Fsp3) is 0.105. The largest absolute Gasteiger partial charge is 0.462 e. The normalized spacial score (nSPS) is 10.4. The summed E-state index contributed by atoms with van der Waals surface area (Å²) in [6.07, 6.45) is 1.32. The van der Waals surface area contributed by atoms with Gasteiger partial charge in [0.25, 0.3) is 0 Å². The van der Waals surface area contributed by atoms with Crippen molar-refractivity contribution in [1.82, 2.24) is 9.97 Å². The second-order valence-electron chi connectivity index (χ2n) is 5.66. The van der Waals surface area contributed by atoms with Gasteiger partial charge in [0, 0.05) is 11.4 Å². The second-order valence-corrected chi connectivity index (χ2v) is 6.07. The third kappa shape index (κ3) is 4.47. The Morgan fingerprint density at radius 2 is 1.82 bits per heavy atom. The summed E-state index contributed by atoms with van der Waals surface area (Å²) < 4.78 is 18.3. The third-order valence-corrected chi connectivity index (χ3v) is 3.99. The van der Waals surface area contributed by atoms with Gasteiger partial charge in [-0.3, -0.25) is 0 Å². The first-order chi connectivity index (χ1) is 13.5. The number of benzene rings is 2. The van der Waals surface area contributed by atoms with Crippen molar-refractivity contribution in [3.63, 3.8) is 0 Å². The predicted molar refractivity (Wildman–Crippen MR) is 107 cm³/mol. The summed E-state index contributed by atoms with van der Waals surface area (Å²) in [5.41, 5.74) is 7.91. The molecule has 4 N–H and O–H groups in total. The summed E-state index contributed by atoms with van der Waals surface area (Å²) in [6, 6.07) is 10.9. The number of anilines is 5. The number of carbonyl (C=O) groups excluding carboxylic acids is 1. The van der Waals surface area contributed by atoms with E-state index in [0.717, 1.165) is 0 Å². The fourth-order valence-corrected chi connectivity index (χ4v) is 2.56. The van der Waals surface area contributed by atoms with Crippen LogP contribution in [0.4, 0.5) is 33.1 Å². The van der Waals surface area contributed by atoms with Crippen molar-refractivity contribution in [1.29, 1.82) is 0 Å². The van der Waals surface area contributed by atoms with E-state index in [2.05, 4.69) is 20.6 Å². The molecule has 1 aromatic heterocycles. The van der Waals surface area contributed by atoms with E-state index in [1.165, 1.54) is 24.5 Å². The molecule has 0 unspecified atom stereocenters. The van der Waals surface area contributed by atoms with Gasteiger partial charge < -0.3 is 21.1 Å². The SMILES string of the molecule is CCOC(=O)c1cccc(Nc2ncnc(Nc3ccc(F)c(Cl)c3)c2N)c1. The highest BCUT2D eigenvalue weighted by molar-refractivity contribution is 6.31. The van der Waals surface area contributed by atoms with Crippen molar-refractivity contribution in [2.75, 3.05) is 23.0 Å². The maximum atomic E-state index is 13.3. The third-order valence-electron chi connectivity index (χ3n) is 3.70. The molecule has 0 saturated heterocycles. The van der Waals surface area contributed by atoms with Crippen LogP contribution < -0.4 is 16.4 Å². The van der Waals surface area contributed by atoms with E-state index < -0.39 is 11.8 Å². The Morgan fingerprint density at radius 3 is 2.46 bits per heavy atom. The number of hydrogen-bond acceptors (Lipinski definition) is 7. The molecule has 0 aliphatic heterocycles. The molecular formula is C19H17ClFN5O2. The van der Waals surface area contributed by atoms with Crippen molar-refractivity contribution in [3.8, 4) is 0 Å². The van der Waals surface area contributed by atoms with Crippen LogP contribution in [0.3, 0.4) is 0 Å². The fourth-order valence-electron chi connectivity index (χ4n) is 2.38. The molecule has 0 fully saturated rings. The van der Waals surface area contributed by atoms with Gasteiger partial charge in [0.2, 0.25) is 0 Å². The van der Waals surface area contributed by atoms with Gasteiger partial charge in [-0.05, 0) is 43.3 Å². The van der Waals surface area contributed by atoms with Gasteiger partial charge in [-0.15, -0.1) is 0 Å². The average molecular weight is 402 g/mol. The summed E-state index contributed by atoms with van der Waals surface area (Å²) in [5.74, 6) is -0.280. The number of halogens is 2. The first kappa shape index (κ1) is 19.4. The van der Waals surface area contributed by atoms with Gasteiger partial charge in [-0.2, -0.15) is 0 Å². The lowest BCUT2D eigenvalue weighted by Crippen LogP contribution is -2.07. The lowest BCUT2D eigenvalue weighted by Gasteiger charge is -2.13. The lowest BCUT2D eigenvalue weighted by atomic mass is 10.2. The van der Waals surface area contributed by atoms with E-state index >= 15 is 0 Å². The number of esters is 1. The molecule has 2 aromatic carbocycles. The van der Waals surface area contributed by atoms with Crippen molar-refractivity contribution in [3.05, 3.63) is 65.2 Å². The molecule has 0 aliphatic rings. The number of aromatic nitrogens is 2. The van der Waals surface area contributed by atoms with Gasteiger partial charge in [0.1, 0.15) is 17.8 Å². The number of carbonyl (C=O) groups is 1. The zero-order chi connectivity index (χ0) is 20.1. The van der Waals surface area contributed by atoms with Gasteiger partial charge in [0.05, 0.1) is 17.2 Å². The molecule has 0 radical (unpaired) electrons. The Hall–Kier alpha value is -3.39. The first-order valence-corrected chi connectivity index (χ1v) is 8.72. The molecule has 3 aromatic rings. The van der Waals surface area contributed by atoms with E-state index in [0.29, 0.717) is 28.6 Å². The van der Waals surface area contributed by atoms with Crippen LogP contribution in [0.5, 0.6) is 0 Å². The number of ether oxygens (including phenoxy) is 1. The Balaban J connectivity index is 1.82. The Labute approximate surface area is 165 Å². The molecule has 0 aliphatic carbocycles. The van der Waals surface area contributed by atoms with Gasteiger partial charge in [-0.1, -0.05) is 17.7 Å². The Kier molecular flexibility index (Phi) is 5.90. The van der Waals surface area contributed by atoms with Crippen molar-refractivity contribution in [2.45, 2.75) is 6.92 Å². The molecular weight excluding hydrogens is 385 g/mol. The van der Waals surface area contributed by atoms with Crippen molar-refractivity contribution in [2.24, 2.45) is 0 Å². The number of rotatable bonds is 6. The van der Waals surface area contributed by atoms with E-state index in [1.807, 2.05) is 0 Å². The highest BCUT2D eigenvalue weighted by Crippen LogP contribution is 2.29. The molecule has 0 bridgehead atoms. The average Bonchev–Trinajstić information content (AvgIpc) is 2.68. The Morgan fingerprint density at radius 1 is 1.14 bits per heavy atom. The standard InChI is InChI=1S/C19H17ClFN5O2/c1-2-28-19(27)11-4-3-5-12(8-11)25-17-16(22)18(24-10-23-17)26-13-6-7-15(21)14(20)9-13/h3-10H,2,22H2,1H3,(H2,23,24,25,26). The zero-order valence-electron chi connectivity index (χ0n) is 14.9. The molecule has 9 heteroatoms. The maximum absolute atomic E-state index is 13.3. The zero-order valence-corrected chi connectivity index (χ0v) is 15.6. The van der Waals surface area contributed by atoms with Crippen LogP contribution in [-0.4, -0.2) is 22.5 Å². The smallest absolute Gasteiger partial charge is 0.338 e. The number of nitrogen functional groups attached to an aromatic ring is 1. The molecule has 3 rings (SSSR count). The van der Waals surface area contributed by atoms with Crippen LogP contribution in [-0.2, 0) is 4.74 Å². The lowest BCUT2D eigenvalue weighted by molar-refractivity contribution is 0.0526. The number of nitrogens with zero attached hydrogens (tertiary/aromatic N) is 2. The molecule has 28 heavy (non-hydrogen) atoms. The van der Waals surface area contributed by atoms with Crippen molar-refractivity contribution >= 4 is 46.3 Å². The van der Waals surface area contributed by atoms with E-state index in [4.69, 9.17) is 22.1 Å². The maximum Gasteiger partial charge on any atom is 0.338 e. The van der Waals surface area contributed by atoms with Crippen LogP contribution in [0, 0.1) is 5.82 Å². The summed E-state index contributed by atoms with van der Waals surface area (Å²) >= 11 is 5.79. The first-order valence-electron chi connectivity index (χ1n) is 8.34. The highest BCUT2D eigenvalue weighted by Gasteiger charge is 2.12. The van der Waals surface area contributed by atoms with E-state index in [9.17, 15) is 9.18 Å². The summed E-state index contributed by atoms with van der Waals surface area (Å²) in [5, 5.41) is 6.00. The van der Waals surface area contributed by atoms with E-state index in [-0.39, 0.29) is 17.3 Å². The molecule has 7 nitrogen and oxygen atoms in total. The molecule has 144 valence electrons. The molecule has 1 heterocycles. The quantitative estimate of drug-likeness (QED) is 0.522. The monoisotopic (exact) mass is 401 g/mol. The van der Waals surface area contributed by atoms with Crippen LogP contribution in [0.25, 0.3) is 0 Å². The minimum atomic E-state index is -0.522. The molecule has 0 amide bonds. The number of nitrogens with one attached hydrogen (secondary N) is 2. The minimum absolute atomic E-state index is 0.0215. The summed E-state index contributed by atoms with van der Waals surface area (Å²) in [4.78, 5) is 20.1. The predicted octanol–water partition coefficient (Wildman–Crippen LogP) is 4.52. The van der Waals surface area contributed by atoms with Crippen LogP contribution in [0.1, 0.15) is 17.3 Å².